The molecule has 1 aromatic heterocycles. The molecule has 1 unspecified atom stereocenters. The van der Waals surface area contributed by atoms with E-state index in [1.165, 1.54) is 11.3 Å². The van der Waals surface area contributed by atoms with E-state index in [2.05, 4.69) is 0 Å². The molecule has 0 aliphatic rings. The summed E-state index contributed by atoms with van der Waals surface area (Å²) in [5.74, 6) is -9.89. The molecule has 2 aromatic rings. The summed E-state index contributed by atoms with van der Waals surface area (Å²) in [6, 6.07) is 0.357. The number of benzene rings is 1. The lowest BCUT2D eigenvalue weighted by Gasteiger charge is -2.14. The van der Waals surface area contributed by atoms with Crippen LogP contribution in [0, 0.1) is 29.1 Å². The third-order valence-corrected chi connectivity index (χ3v) is 3.38. The summed E-state index contributed by atoms with van der Waals surface area (Å²) in [6.07, 6.45) is -0.0121. The topological polar surface area (TPSA) is 26.0 Å². The SMILES string of the molecule is NC(Cc1ccsc1)c1c(F)c(F)c(F)c(F)c1F. The molecule has 0 aliphatic carbocycles. The van der Waals surface area contributed by atoms with E-state index < -0.39 is 40.7 Å². The minimum Gasteiger partial charge on any atom is -0.323 e. The van der Waals surface area contributed by atoms with Crippen LogP contribution in [0.25, 0.3) is 0 Å². The lowest BCUT2D eigenvalue weighted by molar-refractivity contribution is 0.364. The number of thiophene rings is 1. The predicted molar refractivity (Wildman–Crippen MR) is 61.2 cm³/mol. The van der Waals surface area contributed by atoms with Gasteiger partial charge in [-0.1, -0.05) is 0 Å². The van der Waals surface area contributed by atoms with E-state index in [0.29, 0.717) is 5.56 Å². The third kappa shape index (κ3) is 2.48. The normalized spacial score (nSPS) is 12.7. The van der Waals surface area contributed by atoms with Gasteiger partial charge in [0.15, 0.2) is 23.3 Å². The number of nitrogens with two attached hydrogens (primary N) is 1. The molecule has 2 N–H and O–H groups in total. The van der Waals surface area contributed by atoms with Gasteiger partial charge in [0.2, 0.25) is 5.82 Å². The Morgan fingerprint density at radius 1 is 0.947 bits per heavy atom. The van der Waals surface area contributed by atoms with E-state index in [-0.39, 0.29) is 6.42 Å². The van der Waals surface area contributed by atoms with Crippen molar-refractivity contribution >= 4 is 11.3 Å². The van der Waals surface area contributed by atoms with Gasteiger partial charge >= 0.3 is 0 Å². The monoisotopic (exact) mass is 293 g/mol. The second-order valence-corrected chi connectivity index (χ2v) is 4.71. The van der Waals surface area contributed by atoms with Gasteiger partial charge in [-0.05, 0) is 28.8 Å². The average Bonchev–Trinajstić information content (AvgIpc) is 2.87. The van der Waals surface area contributed by atoms with E-state index in [1.807, 2.05) is 0 Å². The average molecular weight is 293 g/mol. The van der Waals surface area contributed by atoms with Crippen LogP contribution in [0.4, 0.5) is 22.0 Å². The predicted octanol–water partition coefficient (Wildman–Crippen LogP) is 3.69. The van der Waals surface area contributed by atoms with E-state index in [9.17, 15) is 22.0 Å². The number of hydrogen-bond donors (Lipinski definition) is 1. The van der Waals surface area contributed by atoms with Crippen LogP contribution < -0.4 is 5.73 Å². The number of hydrogen-bond acceptors (Lipinski definition) is 2. The Hall–Kier alpha value is -1.47. The van der Waals surface area contributed by atoms with Crippen molar-refractivity contribution in [2.24, 2.45) is 5.73 Å². The highest BCUT2D eigenvalue weighted by Crippen LogP contribution is 2.28. The second kappa shape index (κ2) is 5.26. The van der Waals surface area contributed by atoms with E-state index in [4.69, 9.17) is 5.73 Å². The Morgan fingerprint density at radius 2 is 1.47 bits per heavy atom. The van der Waals surface area contributed by atoms with Crippen LogP contribution in [-0.2, 0) is 6.42 Å². The van der Waals surface area contributed by atoms with Crippen molar-refractivity contribution in [3.8, 4) is 0 Å². The lowest BCUT2D eigenvalue weighted by atomic mass is 9.99. The molecule has 0 spiro atoms. The van der Waals surface area contributed by atoms with Gasteiger partial charge in [-0.2, -0.15) is 11.3 Å². The van der Waals surface area contributed by atoms with E-state index >= 15 is 0 Å². The Bertz CT molecular complexity index is 568. The summed E-state index contributed by atoms with van der Waals surface area (Å²) in [5.41, 5.74) is 5.23. The van der Waals surface area contributed by atoms with Gasteiger partial charge in [0.05, 0.1) is 0 Å². The standard InChI is InChI=1S/C12H8F5NS/c13-8-7(6(18)3-5-1-2-19-4-5)9(14)11(16)12(17)10(8)15/h1-2,4,6H,3,18H2. The molecule has 0 amide bonds. The summed E-state index contributed by atoms with van der Waals surface area (Å²) in [4.78, 5) is 0. The summed E-state index contributed by atoms with van der Waals surface area (Å²) in [7, 11) is 0. The van der Waals surface area contributed by atoms with Crippen LogP contribution in [-0.4, -0.2) is 0 Å². The summed E-state index contributed by atoms with van der Waals surface area (Å²) in [5, 5.41) is 3.41. The second-order valence-electron chi connectivity index (χ2n) is 3.93. The van der Waals surface area contributed by atoms with Gasteiger partial charge in [0.1, 0.15) is 0 Å². The van der Waals surface area contributed by atoms with Crippen LogP contribution in [0.2, 0.25) is 0 Å². The van der Waals surface area contributed by atoms with Crippen molar-refractivity contribution < 1.29 is 22.0 Å². The van der Waals surface area contributed by atoms with Gasteiger partial charge in [-0.15, -0.1) is 0 Å². The highest BCUT2D eigenvalue weighted by molar-refractivity contribution is 7.07. The maximum Gasteiger partial charge on any atom is 0.200 e. The van der Waals surface area contributed by atoms with Crippen LogP contribution >= 0.6 is 11.3 Å². The fraction of sp³-hybridized carbons (Fsp3) is 0.167. The van der Waals surface area contributed by atoms with Gasteiger partial charge in [0.25, 0.3) is 0 Å². The Balaban J connectivity index is 2.44. The van der Waals surface area contributed by atoms with Crippen LogP contribution in [0.15, 0.2) is 16.8 Å². The Labute approximate surface area is 109 Å². The molecule has 19 heavy (non-hydrogen) atoms. The van der Waals surface area contributed by atoms with Crippen molar-refractivity contribution in [3.05, 3.63) is 57.0 Å². The molecule has 7 heteroatoms. The van der Waals surface area contributed by atoms with Crippen molar-refractivity contribution in [2.75, 3.05) is 0 Å². The fourth-order valence-corrected chi connectivity index (χ4v) is 2.39. The smallest absolute Gasteiger partial charge is 0.200 e. The number of rotatable bonds is 3. The molecule has 1 nitrogen and oxygen atoms in total. The first kappa shape index (κ1) is 14.0. The van der Waals surface area contributed by atoms with Crippen LogP contribution in [0.5, 0.6) is 0 Å². The minimum absolute atomic E-state index is 0.0121. The van der Waals surface area contributed by atoms with Gasteiger partial charge in [0, 0.05) is 11.6 Å². The molecule has 0 bridgehead atoms. The quantitative estimate of drug-likeness (QED) is 0.521. The van der Waals surface area contributed by atoms with E-state index in [0.717, 1.165) is 0 Å². The molecule has 0 fully saturated rings. The summed E-state index contributed by atoms with van der Waals surface area (Å²) < 4.78 is 65.9. The summed E-state index contributed by atoms with van der Waals surface area (Å²) in [6.45, 7) is 0. The maximum absolute atomic E-state index is 13.5. The fourth-order valence-electron chi connectivity index (χ4n) is 1.71. The Morgan fingerprint density at radius 3 is 1.95 bits per heavy atom. The first-order valence-electron chi connectivity index (χ1n) is 5.21. The van der Waals surface area contributed by atoms with Gasteiger partial charge < -0.3 is 5.73 Å². The zero-order valence-electron chi connectivity index (χ0n) is 9.39. The van der Waals surface area contributed by atoms with Crippen molar-refractivity contribution in [2.45, 2.75) is 12.5 Å². The third-order valence-electron chi connectivity index (χ3n) is 2.65. The first-order valence-corrected chi connectivity index (χ1v) is 6.15. The van der Waals surface area contributed by atoms with Crippen LogP contribution in [0.3, 0.4) is 0 Å². The number of halogens is 5. The van der Waals surface area contributed by atoms with Crippen molar-refractivity contribution in [1.29, 1.82) is 0 Å². The Kier molecular flexibility index (Phi) is 3.86. The summed E-state index contributed by atoms with van der Waals surface area (Å²) >= 11 is 1.34. The van der Waals surface area contributed by atoms with E-state index in [1.54, 1.807) is 16.8 Å². The molecule has 0 saturated heterocycles. The molecule has 1 atom stereocenters. The molecule has 2 rings (SSSR count). The lowest BCUT2D eigenvalue weighted by Crippen LogP contribution is -2.19. The molecule has 1 heterocycles. The maximum atomic E-state index is 13.5. The molecule has 102 valence electrons. The largest absolute Gasteiger partial charge is 0.323 e. The molecule has 0 aliphatic heterocycles. The van der Waals surface area contributed by atoms with Crippen molar-refractivity contribution in [3.63, 3.8) is 0 Å². The molecule has 1 aromatic carbocycles. The molecule has 0 saturated carbocycles. The van der Waals surface area contributed by atoms with Gasteiger partial charge in [-0.25, -0.2) is 22.0 Å². The van der Waals surface area contributed by atoms with Gasteiger partial charge in [-0.3, -0.25) is 0 Å². The highest BCUT2D eigenvalue weighted by atomic mass is 32.1. The molecular formula is C12H8F5NS. The first-order chi connectivity index (χ1) is 8.93. The van der Waals surface area contributed by atoms with Crippen LogP contribution in [0.1, 0.15) is 17.2 Å². The highest BCUT2D eigenvalue weighted by Gasteiger charge is 2.28. The zero-order chi connectivity index (χ0) is 14.2. The molecular weight excluding hydrogens is 285 g/mol. The molecule has 0 radical (unpaired) electrons. The zero-order valence-corrected chi connectivity index (χ0v) is 10.2. The van der Waals surface area contributed by atoms with Crippen molar-refractivity contribution in [1.82, 2.24) is 0 Å². The minimum atomic E-state index is -2.18.